The largest absolute Gasteiger partial charge is 0.416 e. The summed E-state index contributed by atoms with van der Waals surface area (Å²) in [6, 6.07) is 29.4. The molecule has 2 nitrogen and oxygen atoms in total. The molecule has 0 fully saturated rings. The van der Waals surface area contributed by atoms with Crippen molar-refractivity contribution in [3.05, 3.63) is 120 Å². The minimum absolute atomic E-state index is 0.479. The zero-order valence-electron chi connectivity index (χ0n) is 20.6. The third-order valence-electron chi connectivity index (χ3n) is 7.35. The molecular formula is C32H18F6N2. The summed E-state index contributed by atoms with van der Waals surface area (Å²) < 4.78 is 85.0. The quantitative estimate of drug-likeness (QED) is 0.192. The zero-order chi connectivity index (χ0) is 27.8. The van der Waals surface area contributed by atoms with Gasteiger partial charge in [-0.2, -0.15) is 26.3 Å². The maximum atomic E-state index is 13.5. The summed E-state index contributed by atoms with van der Waals surface area (Å²) in [7, 11) is 0. The summed E-state index contributed by atoms with van der Waals surface area (Å²) in [4.78, 5) is 0. The fourth-order valence-electron chi connectivity index (χ4n) is 5.63. The average Bonchev–Trinajstić information content (AvgIpc) is 3.44. The van der Waals surface area contributed by atoms with Gasteiger partial charge in [-0.1, -0.05) is 42.5 Å². The highest BCUT2D eigenvalue weighted by molar-refractivity contribution is 6.10. The molecule has 7 rings (SSSR count). The van der Waals surface area contributed by atoms with Crippen LogP contribution in [0.4, 0.5) is 26.3 Å². The predicted molar refractivity (Wildman–Crippen MR) is 145 cm³/mol. The minimum Gasteiger partial charge on any atom is -0.309 e. The first-order chi connectivity index (χ1) is 19.1. The number of aromatic nitrogens is 2. The Balaban J connectivity index is 1.49. The van der Waals surface area contributed by atoms with Gasteiger partial charge in [0.05, 0.1) is 33.2 Å². The van der Waals surface area contributed by atoms with E-state index in [1.54, 1.807) is 24.3 Å². The molecular weight excluding hydrogens is 526 g/mol. The lowest BCUT2D eigenvalue weighted by molar-refractivity contribution is -0.138. The topological polar surface area (TPSA) is 9.86 Å². The van der Waals surface area contributed by atoms with Gasteiger partial charge in [-0.05, 0) is 66.7 Å². The molecule has 5 aromatic carbocycles. The summed E-state index contributed by atoms with van der Waals surface area (Å²) >= 11 is 0. The SMILES string of the molecule is FC(F)(F)c1ccc2c(c1)c1ccccc1n2-c1cccc(-n2c3ccccc3c3cc(C(F)(F)F)ccc32)c1. The molecule has 7 aromatic rings. The van der Waals surface area contributed by atoms with E-state index in [9.17, 15) is 26.3 Å². The molecule has 0 bridgehead atoms. The van der Waals surface area contributed by atoms with Gasteiger partial charge >= 0.3 is 12.4 Å². The maximum Gasteiger partial charge on any atom is 0.416 e. The second-order valence-corrected chi connectivity index (χ2v) is 9.68. The van der Waals surface area contributed by atoms with Crippen molar-refractivity contribution in [2.24, 2.45) is 0 Å². The van der Waals surface area contributed by atoms with E-state index < -0.39 is 23.5 Å². The van der Waals surface area contributed by atoms with E-state index in [-0.39, 0.29) is 0 Å². The molecule has 198 valence electrons. The maximum absolute atomic E-state index is 13.5. The Hall–Kier alpha value is -4.72. The highest BCUT2D eigenvalue weighted by atomic mass is 19.4. The molecule has 0 saturated carbocycles. The van der Waals surface area contributed by atoms with Crippen LogP contribution < -0.4 is 0 Å². The third kappa shape index (κ3) is 3.66. The second-order valence-electron chi connectivity index (χ2n) is 9.68. The van der Waals surface area contributed by atoms with Crippen molar-refractivity contribution < 1.29 is 26.3 Å². The summed E-state index contributed by atoms with van der Waals surface area (Å²) in [5, 5.41) is 2.33. The van der Waals surface area contributed by atoms with Gasteiger partial charge in [0, 0.05) is 32.9 Å². The van der Waals surface area contributed by atoms with Crippen LogP contribution in [-0.4, -0.2) is 9.13 Å². The molecule has 2 aromatic heterocycles. The van der Waals surface area contributed by atoms with Crippen LogP contribution in [0.25, 0.3) is 55.0 Å². The Bertz CT molecular complexity index is 1950. The second kappa shape index (κ2) is 8.39. The smallest absolute Gasteiger partial charge is 0.309 e. The third-order valence-corrected chi connectivity index (χ3v) is 7.35. The number of rotatable bonds is 2. The molecule has 0 aliphatic rings. The highest BCUT2D eigenvalue weighted by Gasteiger charge is 2.32. The van der Waals surface area contributed by atoms with Gasteiger partial charge in [0.1, 0.15) is 0 Å². The normalized spacial score (nSPS) is 12.8. The monoisotopic (exact) mass is 544 g/mol. The first-order valence-corrected chi connectivity index (χ1v) is 12.4. The van der Waals surface area contributed by atoms with Crippen LogP contribution in [0.5, 0.6) is 0 Å². The fraction of sp³-hybridized carbons (Fsp3) is 0.0625. The number of hydrogen-bond acceptors (Lipinski definition) is 0. The predicted octanol–water partition coefficient (Wildman–Crippen LogP) is 9.92. The van der Waals surface area contributed by atoms with Gasteiger partial charge in [-0.25, -0.2) is 0 Å². The minimum atomic E-state index is -4.47. The van der Waals surface area contributed by atoms with E-state index in [4.69, 9.17) is 0 Å². The van der Waals surface area contributed by atoms with Crippen molar-refractivity contribution in [2.75, 3.05) is 0 Å². The van der Waals surface area contributed by atoms with Crippen molar-refractivity contribution in [3.8, 4) is 11.4 Å². The van der Waals surface area contributed by atoms with Crippen molar-refractivity contribution in [1.29, 1.82) is 0 Å². The molecule has 8 heteroatoms. The molecule has 0 radical (unpaired) electrons. The first-order valence-electron chi connectivity index (χ1n) is 12.4. The number of para-hydroxylation sites is 2. The Morgan fingerprint density at radius 1 is 0.375 bits per heavy atom. The number of fused-ring (bicyclic) bond motifs is 6. The van der Waals surface area contributed by atoms with Crippen LogP contribution in [0, 0.1) is 0 Å². The lowest BCUT2D eigenvalue weighted by atomic mass is 10.1. The highest BCUT2D eigenvalue weighted by Crippen LogP contribution is 2.39. The first kappa shape index (κ1) is 24.3. The average molecular weight is 544 g/mol. The molecule has 0 saturated heterocycles. The number of benzene rings is 5. The molecule has 0 aliphatic carbocycles. The van der Waals surface area contributed by atoms with Crippen LogP contribution in [0.2, 0.25) is 0 Å². The van der Waals surface area contributed by atoms with E-state index >= 15 is 0 Å². The molecule has 0 atom stereocenters. The summed E-state index contributed by atoms with van der Waals surface area (Å²) in [6.45, 7) is 0. The number of hydrogen-bond donors (Lipinski definition) is 0. The van der Waals surface area contributed by atoms with E-state index in [0.29, 0.717) is 44.0 Å². The zero-order valence-corrected chi connectivity index (χ0v) is 20.6. The van der Waals surface area contributed by atoms with Crippen molar-refractivity contribution in [2.45, 2.75) is 12.4 Å². The number of halogens is 6. The summed E-state index contributed by atoms with van der Waals surface area (Å²) in [5.41, 5.74) is 2.69. The van der Waals surface area contributed by atoms with Crippen LogP contribution in [-0.2, 0) is 12.4 Å². The molecule has 0 aliphatic heterocycles. The molecule has 2 heterocycles. The lowest BCUT2D eigenvalue weighted by Gasteiger charge is -2.13. The van der Waals surface area contributed by atoms with E-state index in [1.807, 2.05) is 57.7 Å². The Kier molecular flexibility index (Phi) is 5.10. The van der Waals surface area contributed by atoms with Gasteiger partial charge < -0.3 is 9.13 Å². The van der Waals surface area contributed by atoms with Gasteiger partial charge in [0.2, 0.25) is 0 Å². The van der Waals surface area contributed by atoms with Crippen molar-refractivity contribution in [1.82, 2.24) is 9.13 Å². The molecule has 40 heavy (non-hydrogen) atoms. The summed E-state index contributed by atoms with van der Waals surface area (Å²) in [5.74, 6) is 0. The van der Waals surface area contributed by atoms with Crippen LogP contribution >= 0.6 is 0 Å². The van der Waals surface area contributed by atoms with Gasteiger partial charge in [-0.15, -0.1) is 0 Å². The van der Waals surface area contributed by atoms with Crippen molar-refractivity contribution in [3.63, 3.8) is 0 Å². The molecule has 0 unspecified atom stereocenters. The van der Waals surface area contributed by atoms with E-state index in [1.165, 1.54) is 24.3 Å². The van der Waals surface area contributed by atoms with Crippen LogP contribution in [0.3, 0.4) is 0 Å². The molecule has 0 amide bonds. The number of nitrogens with zero attached hydrogens (tertiary/aromatic N) is 2. The molecule has 0 spiro atoms. The van der Waals surface area contributed by atoms with E-state index in [0.717, 1.165) is 23.2 Å². The van der Waals surface area contributed by atoms with Gasteiger partial charge in [0.15, 0.2) is 0 Å². The Labute approximate surface area is 223 Å². The lowest BCUT2D eigenvalue weighted by Crippen LogP contribution is -2.04. The number of alkyl halides is 6. The van der Waals surface area contributed by atoms with Crippen LogP contribution in [0.1, 0.15) is 11.1 Å². The molecule has 0 N–H and O–H groups in total. The van der Waals surface area contributed by atoms with Gasteiger partial charge in [-0.3, -0.25) is 0 Å². The van der Waals surface area contributed by atoms with Crippen LogP contribution in [0.15, 0.2) is 109 Å². The Morgan fingerprint density at radius 2 is 0.775 bits per heavy atom. The van der Waals surface area contributed by atoms with E-state index in [2.05, 4.69) is 0 Å². The summed E-state index contributed by atoms with van der Waals surface area (Å²) in [6.07, 6.45) is -8.94. The Morgan fingerprint density at radius 3 is 1.20 bits per heavy atom. The van der Waals surface area contributed by atoms with Gasteiger partial charge in [0.25, 0.3) is 0 Å². The standard InChI is InChI=1S/C32H18F6N2/c33-31(34,35)19-12-14-29-25(16-19)23-8-1-3-10-27(23)39(29)21-6-5-7-22(18-21)40-28-11-4-2-9-24(28)26-17-20(32(36,37)38)13-15-30(26)40/h1-18H. The fourth-order valence-corrected chi connectivity index (χ4v) is 5.63. The van der Waals surface area contributed by atoms with Crippen molar-refractivity contribution >= 4 is 43.6 Å².